The van der Waals surface area contributed by atoms with Crippen molar-refractivity contribution >= 4 is 0 Å². The van der Waals surface area contributed by atoms with Crippen molar-refractivity contribution in [2.45, 2.75) is 18.9 Å². The molecular weight excluding hydrogens is 300 g/mol. The largest absolute Gasteiger partial charge is 0.489 e. The number of benzene rings is 2. The third kappa shape index (κ3) is 2.72. The van der Waals surface area contributed by atoms with Crippen molar-refractivity contribution in [2.75, 3.05) is 13.2 Å². The summed E-state index contributed by atoms with van der Waals surface area (Å²) >= 11 is 0. The first-order valence-corrected chi connectivity index (χ1v) is 8.18. The molecule has 1 saturated heterocycles. The predicted molar refractivity (Wildman–Crippen MR) is 92.3 cm³/mol. The number of hydrogen-bond acceptors (Lipinski definition) is 3. The highest BCUT2D eigenvalue weighted by Crippen LogP contribution is 2.40. The number of rotatable bonds is 5. The smallest absolute Gasteiger partial charge is 0.119 e. The summed E-state index contributed by atoms with van der Waals surface area (Å²) in [6, 6.07) is 22.5. The number of furan rings is 1. The SMILES string of the molecule is Cc1ccc(C2(c3ccc(OCc4ccccc4)cc3)COC2)o1. The molecule has 0 amide bonds. The molecule has 0 N–H and O–H groups in total. The van der Waals surface area contributed by atoms with Crippen LogP contribution in [0.15, 0.2) is 71.1 Å². The van der Waals surface area contributed by atoms with Gasteiger partial charge in [-0.15, -0.1) is 0 Å². The molecule has 3 nitrogen and oxygen atoms in total. The van der Waals surface area contributed by atoms with E-state index < -0.39 is 0 Å². The number of hydrogen-bond donors (Lipinski definition) is 0. The molecule has 1 aliphatic rings. The van der Waals surface area contributed by atoms with E-state index in [2.05, 4.69) is 30.3 Å². The highest BCUT2D eigenvalue weighted by atomic mass is 16.5. The van der Waals surface area contributed by atoms with Crippen LogP contribution in [-0.2, 0) is 16.8 Å². The zero-order valence-corrected chi connectivity index (χ0v) is 13.7. The van der Waals surface area contributed by atoms with Gasteiger partial charge in [0, 0.05) is 0 Å². The molecular formula is C21H20O3. The summed E-state index contributed by atoms with van der Waals surface area (Å²) in [7, 11) is 0. The predicted octanol–water partition coefficient (Wildman–Crippen LogP) is 4.48. The summed E-state index contributed by atoms with van der Waals surface area (Å²) < 4.78 is 17.2. The summed E-state index contributed by atoms with van der Waals surface area (Å²) in [6.07, 6.45) is 0. The molecule has 122 valence electrons. The first-order valence-electron chi connectivity index (χ1n) is 8.18. The summed E-state index contributed by atoms with van der Waals surface area (Å²) in [5.74, 6) is 2.77. The molecule has 4 rings (SSSR count). The van der Waals surface area contributed by atoms with Gasteiger partial charge in [-0.1, -0.05) is 42.5 Å². The quantitative estimate of drug-likeness (QED) is 0.694. The highest BCUT2D eigenvalue weighted by Gasteiger charge is 2.44. The van der Waals surface area contributed by atoms with E-state index >= 15 is 0 Å². The molecule has 0 spiro atoms. The van der Waals surface area contributed by atoms with Gasteiger partial charge in [0.25, 0.3) is 0 Å². The van der Waals surface area contributed by atoms with Crippen LogP contribution in [0.25, 0.3) is 0 Å². The van der Waals surface area contributed by atoms with Gasteiger partial charge in [0.1, 0.15) is 23.9 Å². The van der Waals surface area contributed by atoms with Crippen LogP contribution in [-0.4, -0.2) is 13.2 Å². The maximum Gasteiger partial charge on any atom is 0.119 e. The first-order chi connectivity index (χ1) is 11.8. The summed E-state index contributed by atoms with van der Waals surface area (Å²) in [6.45, 7) is 3.86. The third-order valence-corrected chi connectivity index (χ3v) is 4.56. The Bertz CT molecular complexity index is 799. The molecule has 0 bridgehead atoms. The van der Waals surface area contributed by atoms with Gasteiger partial charge in [0.15, 0.2) is 0 Å². The Hall–Kier alpha value is -2.52. The lowest BCUT2D eigenvalue weighted by Crippen LogP contribution is -2.47. The molecule has 24 heavy (non-hydrogen) atoms. The normalized spacial score (nSPS) is 15.7. The van der Waals surface area contributed by atoms with Gasteiger partial charge < -0.3 is 13.9 Å². The number of aryl methyl sites for hydroxylation is 1. The van der Waals surface area contributed by atoms with E-state index in [-0.39, 0.29) is 5.41 Å². The van der Waals surface area contributed by atoms with Gasteiger partial charge >= 0.3 is 0 Å². The zero-order chi connectivity index (χ0) is 16.4. The molecule has 2 heterocycles. The van der Waals surface area contributed by atoms with E-state index in [9.17, 15) is 0 Å². The maximum absolute atomic E-state index is 5.87. The Labute approximate surface area is 141 Å². The van der Waals surface area contributed by atoms with Crippen LogP contribution in [0.1, 0.15) is 22.6 Å². The molecule has 3 aromatic rings. The third-order valence-electron chi connectivity index (χ3n) is 4.56. The fraction of sp³-hybridized carbons (Fsp3) is 0.238. The van der Waals surface area contributed by atoms with Crippen LogP contribution in [0.3, 0.4) is 0 Å². The standard InChI is InChI=1S/C21H20O3/c1-16-7-12-20(24-16)21(14-22-15-21)18-8-10-19(11-9-18)23-13-17-5-3-2-4-6-17/h2-12H,13-15H2,1H3. The molecule has 0 radical (unpaired) electrons. The second-order valence-corrected chi connectivity index (χ2v) is 6.28. The van der Waals surface area contributed by atoms with Crippen LogP contribution in [0, 0.1) is 6.92 Å². The molecule has 1 aliphatic heterocycles. The Morgan fingerprint density at radius 3 is 2.25 bits per heavy atom. The lowest BCUT2D eigenvalue weighted by Gasteiger charge is -2.40. The van der Waals surface area contributed by atoms with E-state index in [0.29, 0.717) is 19.8 Å². The minimum atomic E-state index is -0.160. The van der Waals surface area contributed by atoms with E-state index in [1.165, 1.54) is 5.56 Å². The average molecular weight is 320 g/mol. The maximum atomic E-state index is 5.87. The molecule has 0 atom stereocenters. The monoisotopic (exact) mass is 320 g/mol. The van der Waals surface area contributed by atoms with Gasteiger partial charge in [0.2, 0.25) is 0 Å². The topological polar surface area (TPSA) is 31.6 Å². The Morgan fingerprint density at radius 1 is 0.917 bits per heavy atom. The van der Waals surface area contributed by atoms with Gasteiger partial charge in [0.05, 0.1) is 18.6 Å². The van der Waals surface area contributed by atoms with Gasteiger partial charge in [-0.25, -0.2) is 0 Å². The van der Waals surface area contributed by atoms with Gasteiger partial charge in [-0.2, -0.15) is 0 Å². The molecule has 1 fully saturated rings. The van der Waals surface area contributed by atoms with Crippen molar-refractivity contribution in [2.24, 2.45) is 0 Å². The lowest BCUT2D eigenvalue weighted by atomic mass is 9.76. The average Bonchev–Trinajstić information content (AvgIpc) is 3.01. The minimum absolute atomic E-state index is 0.160. The van der Waals surface area contributed by atoms with Crippen molar-refractivity contribution in [1.82, 2.24) is 0 Å². The van der Waals surface area contributed by atoms with Crippen molar-refractivity contribution in [1.29, 1.82) is 0 Å². The fourth-order valence-electron chi connectivity index (χ4n) is 3.06. The van der Waals surface area contributed by atoms with Crippen molar-refractivity contribution in [3.05, 3.63) is 89.4 Å². The fourth-order valence-corrected chi connectivity index (χ4v) is 3.06. The molecule has 2 aromatic carbocycles. The minimum Gasteiger partial charge on any atom is -0.489 e. The van der Waals surface area contributed by atoms with E-state index in [0.717, 1.165) is 22.8 Å². The Kier molecular flexibility index (Phi) is 3.87. The van der Waals surface area contributed by atoms with E-state index in [1.807, 2.05) is 43.3 Å². The van der Waals surface area contributed by atoms with Crippen LogP contribution < -0.4 is 4.74 Å². The molecule has 3 heteroatoms. The molecule has 0 saturated carbocycles. The lowest BCUT2D eigenvalue weighted by molar-refractivity contribution is -0.0478. The van der Waals surface area contributed by atoms with Crippen LogP contribution in [0.5, 0.6) is 5.75 Å². The molecule has 0 aliphatic carbocycles. The molecule has 1 aromatic heterocycles. The second-order valence-electron chi connectivity index (χ2n) is 6.28. The van der Waals surface area contributed by atoms with Gasteiger partial charge in [-0.05, 0) is 42.3 Å². The Balaban J connectivity index is 1.51. The van der Waals surface area contributed by atoms with Gasteiger partial charge in [-0.3, -0.25) is 0 Å². The second kappa shape index (κ2) is 6.17. The van der Waals surface area contributed by atoms with Crippen LogP contribution >= 0.6 is 0 Å². The van der Waals surface area contributed by atoms with Crippen molar-refractivity contribution in [3.8, 4) is 5.75 Å². The summed E-state index contributed by atoms with van der Waals surface area (Å²) in [4.78, 5) is 0. The first kappa shape index (κ1) is 15.0. The van der Waals surface area contributed by atoms with Crippen molar-refractivity contribution < 1.29 is 13.9 Å². The van der Waals surface area contributed by atoms with E-state index in [4.69, 9.17) is 13.9 Å². The highest BCUT2D eigenvalue weighted by molar-refractivity contribution is 5.40. The summed E-state index contributed by atoms with van der Waals surface area (Å²) in [5.41, 5.74) is 2.21. The van der Waals surface area contributed by atoms with E-state index in [1.54, 1.807) is 0 Å². The van der Waals surface area contributed by atoms with Crippen LogP contribution in [0.2, 0.25) is 0 Å². The zero-order valence-electron chi connectivity index (χ0n) is 13.7. The van der Waals surface area contributed by atoms with Crippen LogP contribution in [0.4, 0.5) is 0 Å². The summed E-state index contributed by atoms with van der Waals surface area (Å²) in [5, 5.41) is 0. The number of ether oxygens (including phenoxy) is 2. The molecule has 0 unspecified atom stereocenters. The Morgan fingerprint density at radius 2 is 1.67 bits per heavy atom. The van der Waals surface area contributed by atoms with Crippen molar-refractivity contribution in [3.63, 3.8) is 0 Å².